The number of rotatable bonds is 2. The molecule has 1 fully saturated rings. The molecule has 2 heterocycles. The maximum Gasteiger partial charge on any atom is 0.326 e. The van der Waals surface area contributed by atoms with Crippen LogP contribution in [0.4, 0.5) is 0 Å². The molecular weight excluding hydrogens is 288 g/mol. The first-order chi connectivity index (χ1) is 8.09. The van der Waals surface area contributed by atoms with Crippen molar-refractivity contribution in [1.29, 1.82) is 0 Å². The number of hydrogen-bond donors (Lipinski definition) is 1. The SMILES string of the molecule is O=C(O)[C@H]1CCCN1C(=O)c1ccnc(Br)c1. The van der Waals surface area contributed by atoms with Crippen LogP contribution in [0.2, 0.25) is 0 Å². The lowest BCUT2D eigenvalue weighted by Gasteiger charge is -2.21. The molecule has 90 valence electrons. The second-order valence-corrected chi connectivity index (χ2v) is 4.67. The Labute approximate surface area is 107 Å². The third-order valence-corrected chi connectivity index (χ3v) is 3.21. The number of carboxylic acids is 1. The number of pyridine rings is 1. The first-order valence-electron chi connectivity index (χ1n) is 5.25. The van der Waals surface area contributed by atoms with Crippen molar-refractivity contribution in [3.05, 3.63) is 28.5 Å². The molecule has 0 unspecified atom stereocenters. The summed E-state index contributed by atoms with van der Waals surface area (Å²) in [6.07, 6.45) is 2.77. The zero-order valence-corrected chi connectivity index (χ0v) is 10.6. The van der Waals surface area contributed by atoms with Gasteiger partial charge in [-0.1, -0.05) is 0 Å². The maximum absolute atomic E-state index is 12.1. The highest BCUT2D eigenvalue weighted by molar-refractivity contribution is 9.10. The maximum atomic E-state index is 12.1. The molecule has 6 heteroatoms. The molecular formula is C11H11BrN2O3. The average Bonchev–Trinajstić information content (AvgIpc) is 2.77. The summed E-state index contributed by atoms with van der Waals surface area (Å²) >= 11 is 3.18. The zero-order valence-electron chi connectivity index (χ0n) is 8.97. The lowest BCUT2D eigenvalue weighted by Crippen LogP contribution is -2.40. The average molecular weight is 299 g/mol. The molecule has 1 aromatic heterocycles. The van der Waals surface area contributed by atoms with E-state index < -0.39 is 12.0 Å². The molecule has 1 atom stereocenters. The van der Waals surface area contributed by atoms with Gasteiger partial charge in [-0.3, -0.25) is 4.79 Å². The number of carbonyl (C=O) groups excluding carboxylic acids is 1. The Balaban J connectivity index is 2.23. The van der Waals surface area contributed by atoms with Crippen LogP contribution < -0.4 is 0 Å². The van der Waals surface area contributed by atoms with Crippen LogP contribution >= 0.6 is 15.9 Å². The van der Waals surface area contributed by atoms with E-state index in [0.717, 1.165) is 6.42 Å². The second-order valence-electron chi connectivity index (χ2n) is 3.86. The molecule has 0 aromatic carbocycles. The predicted molar refractivity (Wildman–Crippen MR) is 63.6 cm³/mol. The number of hydrogen-bond acceptors (Lipinski definition) is 3. The molecule has 1 aromatic rings. The fraction of sp³-hybridized carbons (Fsp3) is 0.364. The highest BCUT2D eigenvalue weighted by Gasteiger charge is 2.34. The van der Waals surface area contributed by atoms with Gasteiger partial charge in [-0.25, -0.2) is 9.78 Å². The quantitative estimate of drug-likeness (QED) is 0.841. The normalized spacial score (nSPS) is 19.4. The Bertz CT molecular complexity index is 464. The van der Waals surface area contributed by atoms with E-state index >= 15 is 0 Å². The summed E-state index contributed by atoms with van der Waals surface area (Å²) in [5.74, 6) is -1.19. The van der Waals surface area contributed by atoms with Crippen molar-refractivity contribution in [3.8, 4) is 0 Å². The van der Waals surface area contributed by atoms with E-state index in [0.29, 0.717) is 23.1 Å². The number of aliphatic carboxylic acids is 1. The first kappa shape index (κ1) is 12.0. The Kier molecular flexibility index (Phi) is 3.42. The van der Waals surface area contributed by atoms with E-state index in [9.17, 15) is 9.59 Å². The molecule has 1 amide bonds. The summed E-state index contributed by atoms with van der Waals surface area (Å²) in [7, 11) is 0. The Morgan fingerprint density at radius 1 is 1.53 bits per heavy atom. The number of carboxylic acid groups (broad SMARTS) is 1. The van der Waals surface area contributed by atoms with Crippen molar-refractivity contribution >= 4 is 27.8 Å². The smallest absolute Gasteiger partial charge is 0.326 e. The summed E-state index contributed by atoms with van der Waals surface area (Å²) in [6.45, 7) is 0.496. The van der Waals surface area contributed by atoms with Crippen LogP contribution in [0.25, 0.3) is 0 Å². The Morgan fingerprint density at radius 2 is 2.29 bits per heavy atom. The van der Waals surface area contributed by atoms with Gasteiger partial charge in [-0.05, 0) is 40.9 Å². The van der Waals surface area contributed by atoms with E-state index in [-0.39, 0.29) is 5.91 Å². The first-order valence-corrected chi connectivity index (χ1v) is 6.04. The van der Waals surface area contributed by atoms with Gasteiger partial charge < -0.3 is 10.0 Å². The fourth-order valence-electron chi connectivity index (χ4n) is 1.97. The predicted octanol–water partition coefficient (Wildman–Crippen LogP) is 1.53. The molecule has 1 saturated heterocycles. The van der Waals surface area contributed by atoms with Gasteiger partial charge in [-0.15, -0.1) is 0 Å². The van der Waals surface area contributed by atoms with Crippen molar-refractivity contribution < 1.29 is 14.7 Å². The molecule has 0 aliphatic carbocycles. The van der Waals surface area contributed by atoms with Crippen LogP contribution in [0.15, 0.2) is 22.9 Å². The molecule has 0 radical (unpaired) electrons. The Morgan fingerprint density at radius 3 is 2.94 bits per heavy atom. The van der Waals surface area contributed by atoms with E-state index in [1.165, 1.54) is 11.1 Å². The van der Waals surface area contributed by atoms with Crippen molar-refractivity contribution in [2.24, 2.45) is 0 Å². The van der Waals surface area contributed by atoms with Crippen molar-refractivity contribution in [3.63, 3.8) is 0 Å². The third-order valence-electron chi connectivity index (χ3n) is 2.77. The molecule has 1 aliphatic heterocycles. The summed E-state index contributed by atoms with van der Waals surface area (Å²) in [5.41, 5.74) is 0.458. The van der Waals surface area contributed by atoms with Crippen LogP contribution in [0.5, 0.6) is 0 Å². The summed E-state index contributed by atoms with van der Waals surface area (Å²) < 4.78 is 0.564. The highest BCUT2D eigenvalue weighted by atomic mass is 79.9. The van der Waals surface area contributed by atoms with Crippen LogP contribution in [-0.2, 0) is 4.79 Å². The molecule has 17 heavy (non-hydrogen) atoms. The van der Waals surface area contributed by atoms with Gasteiger partial charge >= 0.3 is 5.97 Å². The molecule has 0 bridgehead atoms. The molecule has 1 N–H and O–H groups in total. The Hall–Kier alpha value is -1.43. The second kappa shape index (κ2) is 4.83. The lowest BCUT2D eigenvalue weighted by atomic mass is 10.2. The van der Waals surface area contributed by atoms with Crippen LogP contribution in [0.1, 0.15) is 23.2 Å². The van der Waals surface area contributed by atoms with Crippen LogP contribution in [-0.4, -0.2) is 39.5 Å². The number of halogens is 1. The molecule has 0 saturated carbocycles. The number of amides is 1. The van der Waals surface area contributed by atoms with Gasteiger partial charge in [0.05, 0.1) is 0 Å². The number of carbonyl (C=O) groups is 2. The minimum Gasteiger partial charge on any atom is -0.480 e. The minimum absolute atomic E-state index is 0.252. The van der Waals surface area contributed by atoms with E-state index in [1.54, 1.807) is 12.1 Å². The van der Waals surface area contributed by atoms with Crippen molar-refractivity contribution in [2.75, 3.05) is 6.54 Å². The lowest BCUT2D eigenvalue weighted by molar-refractivity contribution is -0.141. The number of nitrogens with zero attached hydrogens (tertiary/aromatic N) is 2. The molecule has 2 rings (SSSR count). The van der Waals surface area contributed by atoms with E-state index in [2.05, 4.69) is 20.9 Å². The van der Waals surface area contributed by atoms with Gasteiger partial charge in [0.15, 0.2) is 0 Å². The van der Waals surface area contributed by atoms with Crippen LogP contribution in [0, 0.1) is 0 Å². The summed E-state index contributed by atoms with van der Waals surface area (Å²) in [5, 5.41) is 9.02. The minimum atomic E-state index is -0.941. The number of likely N-dealkylation sites (tertiary alicyclic amines) is 1. The number of aromatic nitrogens is 1. The monoisotopic (exact) mass is 298 g/mol. The highest BCUT2D eigenvalue weighted by Crippen LogP contribution is 2.21. The van der Waals surface area contributed by atoms with Gasteiger partial charge in [-0.2, -0.15) is 0 Å². The largest absolute Gasteiger partial charge is 0.480 e. The van der Waals surface area contributed by atoms with E-state index in [4.69, 9.17) is 5.11 Å². The summed E-state index contributed by atoms with van der Waals surface area (Å²) in [6, 6.07) is 2.48. The zero-order chi connectivity index (χ0) is 12.4. The van der Waals surface area contributed by atoms with Crippen LogP contribution in [0.3, 0.4) is 0 Å². The van der Waals surface area contributed by atoms with Gasteiger partial charge in [0, 0.05) is 18.3 Å². The van der Waals surface area contributed by atoms with E-state index in [1.807, 2.05) is 0 Å². The molecule has 5 nitrogen and oxygen atoms in total. The fourth-order valence-corrected chi connectivity index (χ4v) is 2.33. The van der Waals surface area contributed by atoms with Crippen molar-refractivity contribution in [1.82, 2.24) is 9.88 Å². The molecule has 0 spiro atoms. The van der Waals surface area contributed by atoms with Gasteiger partial charge in [0.2, 0.25) is 0 Å². The third kappa shape index (κ3) is 2.46. The van der Waals surface area contributed by atoms with Gasteiger partial charge in [0.1, 0.15) is 10.6 Å². The summed E-state index contributed by atoms with van der Waals surface area (Å²) in [4.78, 5) is 28.5. The standard InChI is InChI=1S/C11H11BrN2O3/c12-9-6-7(3-4-13-9)10(15)14-5-1-2-8(14)11(16)17/h3-4,6,8H,1-2,5H2,(H,16,17)/t8-/m1/s1. The topological polar surface area (TPSA) is 70.5 Å². The van der Waals surface area contributed by atoms with Gasteiger partial charge in [0.25, 0.3) is 5.91 Å². The molecule has 1 aliphatic rings. The van der Waals surface area contributed by atoms with Crippen molar-refractivity contribution in [2.45, 2.75) is 18.9 Å².